The van der Waals surface area contributed by atoms with Crippen molar-refractivity contribution in [1.29, 1.82) is 0 Å². The van der Waals surface area contributed by atoms with Crippen LogP contribution in [0.15, 0.2) is 79.0 Å². The first-order chi connectivity index (χ1) is 18.8. The first-order valence-corrected chi connectivity index (χ1v) is 12.5. The maximum absolute atomic E-state index is 14.8. The number of nitrogens with zero attached hydrogens (tertiary/aromatic N) is 2. The lowest BCUT2D eigenvalue weighted by Crippen LogP contribution is -2.35. The molecule has 1 fully saturated rings. The summed E-state index contributed by atoms with van der Waals surface area (Å²) in [6.07, 6.45) is 2.75. The molecule has 1 aliphatic heterocycles. The lowest BCUT2D eigenvalue weighted by molar-refractivity contribution is 0.0991. The number of piperidine rings is 1. The molecule has 0 aliphatic carbocycles. The number of nitrogens with two attached hydrogens (primary N) is 1. The molecule has 0 spiro atoms. The standard InChI is InChI=1S/C29H27F2N5O3/c30-23-16-19(33-29(39)18-3-6-20(7-4-18)35-14-11-22(37)12-15-35)5-9-25(23)34-26-10-8-21(17-24(26)31)36-13-1-2-27(36)28(32)38/h1-10,13,16-17,22,34,37H,11-12,14-15H2,(H2,32,38)(H,33,39). The number of hydrogen-bond acceptors (Lipinski definition) is 5. The number of aliphatic hydroxyl groups excluding tert-OH is 1. The third-order valence-corrected chi connectivity index (χ3v) is 6.69. The molecule has 1 aliphatic rings. The molecule has 5 N–H and O–H groups in total. The molecular weight excluding hydrogens is 504 g/mol. The Hall–Kier alpha value is -4.70. The van der Waals surface area contributed by atoms with E-state index in [-0.39, 0.29) is 28.9 Å². The molecule has 0 unspecified atom stereocenters. The lowest BCUT2D eigenvalue weighted by Gasteiger charge is -2.31. The highest BCUT2D eigenvalue weighted by Crippen LogP contribution is 2.27. The summed E-state index contributed by atoms with van der Waals surface area (Å²) in [5.41, 5.74) is 7.65. The van der Waals surface area contributed by atoms with Crippen LogP contribution < -0.4 is 21.3 Å². The maximum atomic E-state index is 14.8. The summed E-state index contributed by atoms with van der Waals surface area (Å²) in [7, 11) is 0. The van der Waals surface area contributed by atoms with Crippen LogP contribution in [0.1, 0.15) is 33.7 Å². The largest absolute Gasteiger partial charge is 0.393 e. The Morgan fingerprint density at radius 1 is 0.872 bits per heavy atom. The number of hydrogen-bond donors (Lipinski definition) is 4. The molecular formula is C29H27F2N5O3. The van der Waals surface area contributed by atoms with Crippen LogP contribution >= 0.6 is 0 Å². The fourth-order valence-corrected chi connectivity index (χ4v) is 4.55. The van der Waals surface area contributed by atoms with Crippen molar-refractivity contribution in [2.24, 2.45) is 5.73 Å². The third-order valence-electron chi connectivity index (χ3n) is 6.69. The number of amides is 2. The molecule has 0 atom stereocenters. The Kier molecular flexibility index (Phi) is 7.29. The van der Waals surface area contributed by atoms with Crippen LogP contribution in [-0.2, 0) is 0 Å². The van der Waals surface area contributed by atoms with Gasteiger partial charge in [-0.05, 0) is 79.6 Å². The molecule has 2 heterocycles. The first kappa shape index (κ1) is 25.9. The lowest BCUT2D eigenvalue weighted by atomic mass is 10.1. The number of benzene rings is 3. The Labute approximate surface area is 223 Å². The molecule has 8 nitrogen and oxygen atoms in total. The SMILES string of the molecule is NC(=O)c1cccn1-c1ccc(Nc2ccc(NC(=O)c3ccc(N4CCC(O)CC4)cc3)cc2F)c(F)c1. The van der Waals surface area contributed by atoms with Crippen molar-refractivity contribution in [3.05, 3.63) is 102 Å². The average Bonchev–Trinajstić information content (AvgIpc) is 3.42. The van der Waals surface area contributed by atoms with Crippen molar-refractivity contribution in [3.63, 3.8) is 0 Å². The van der Waals surface area contributed by atoms with Gasteiger partial charge in [0.25, 0.3) is 11.8 Å². The summed E-state index contributed by atoms with van der Waals surface area (Å²) in [6.45, 7) is 1.51. The van der Waals surface area contributed by atoms with Gasteiger partial charge >= 0.3 is 0 Å². The molecule has 1 saturated heterocycles. The van der Waals surface area contributed by atoms with E-state index in [1.807, 2.05) is 12.1 Å². The summed E-state index contributed by atoms with van der Waals surface area (Å²) < 4.78 is 31.1. The van der Waals surface area contributed by atoms with E-state index in [0.717, 1.165) is 24.8 Å². The molecule has 200 valence electrons. The Balaban J connectivity index is 1.24. The van der Waals surface area contributed by atoms with E-state index in [1.165, 1.54) is 34.9 Å². The predicted molar refractivity (Wildman–Crippen MR) is 146 cm³/mol. The quantitative estimate of drug-likeness (QED) is 0.273. The topological polar surface area (TPSA) is 113 Å². The normalized spacial score (nSPS) is 13.8. The molecule has 3 aromatic carbocycles. The number of carbonyl (C=O) groups is 2. The number of primary amides is 1. The van der Waals surface area contributed by atoms with Crippen molar-refractivity contribution in [2.45, 2.75) is 18.9 Å². The van der Waals surface area contributed by atoms with Crippen LogP contribution in [0, 0.1) is 11.6 Å². The molecule has 0 saturated carbocycles. The van der Waals surface area contributed by atoms with Gasteiger partial charge in [0.05, 0.1) is 17.5 Å². The Morgan fingerprint density at radius 3 is 2.15 bits per heavy atom. The summed E-state index contributed by atoms with van der Waals surface area (Å²) >= 11 is 0. The van der Waals surface area contributed by atoms with Gasteiger partial charge in [0.2, 0.25) is 0 Å². The number of aliphatic hydroxyl groups is 1. The van der Waals surface area contributed by atoms with Gasteiger partial charge in [-0.3, -0.25) is 9.59 Å². The van der Waals surface area contributed by atoms with Crippen molar-refractivity contribution in [2.75, 3.05) is 28.6 Å². The van der Waals surface area contributed by atoms with Crippen LogP contribution in [0.4, 0.5) is 31.5 Å². The number of rotatable bonds is 7. The molecule has 2 amide bonds. The third kappa shape index (κ3) is 5.75. The average molecular weight is 532 g/mol. The van der Waals surface area contributed by atoms with Crippen molar-refractivity contribution in [1.82, 2.24) is 4.57 Å². The van der Waals surface area contributed by atoms with Gasteiger partial charge in [-0.2, -0.15) is 0 Å². The van der Waals surface area contributed by atoms with Crippen molar-refractivity contribution < 1.29 is 23.5 Å². The highest BCUT2D eigenvalue weighted by atomic mass is 19.1. The number of halogens is 2. The molecule has 0 bridgehead atoms. The minimum atomic E-state index is -0.680. The van der Waals surface area contributed by atoms with Crippen molar-refractivity contribution >= 4 is 34.6 Å². The maximum Gasteiger partial charge on any atom is 0.265 e. The van der Waals surface area contributed by atoms with Gasteiger partial charge in [0.1, 0.15) is 17.3 Å². The van der Waals surface area contributed by atoms with Gasteiger partial charge in [-0.25, -0.2) is 8.78 Å². The number of anilines is 4. The summed E-state index contributed by atoms with van der Waals surface area (Å²) in [5.74, 6) is -2.37. The number of aromatic nitrogens is 1. The van der Waals surface area contributed by atoms with Gasteiger partial charge in [-0.15, -0.1) is 0 Å². The smallest absolute Gasteiger partial charge is 0.265 e. The van der Waals surface area contributed by atoms with Crippen LogP contribution in [-0.4, -0.2) is 40.7 Å². The second-order valence-electron chi connectivity index (χ2n) is 9.33. The Morgan fingerprint density at radius 2 is 1.51 bits per heavy atom. The van der Waals surface area contributed by atoms with Gasteiger partial charge < -0.3 is 30.9 Å². The minimum Gasteiger partial charge on any atom is -0.393 e. The highest BCUT2D eigenvalue weighted by molar-refractivity contribution is 6.04. The van der Waals surface area contributed by atoms with Crippen molar-refractivity contribution in [3.8, 4) is 5.69 Å². The van der Waals surface area contributed by atoms with E-state index in [0.29, 0.717) is 24.1 Å². The van der Waals surface area contributed by atoms with E-state index in [2.05, 4.69) is 15.5 Å². The number of nitrogens with one attached hydrogen (secondary N) is 2. The predicted octanol–water partition coefficient (Wildman–Crippen LogP) is 4.81. The van der Waals surface area contributed by atoms with E-state index < -0.39 is 23.4 Å². The molecule has 1 aromatic heterocycles. The summed E-state index contributed by atoms with van der Waals surface area (Å²) in [6, 6.07) is 18.5. The summed E-state index contributed by atoms with van der Waals surface area (Å²) in [4.78, 5) is 26.4. The highest BCUT2D eigenvalue weighted by Gasteiger charge is 2.18. The van der Waals surface area contributed by atoms with E-state index in [4.69, 9.17) is 5.73 Å². The van der Waals surface area contributed by atoms with Crippen LogP contribution in [0.3, 0.4) is 0 Å². The Bertz CT molecular complexity index is 1510. The molecule has 4 aromatic rings. The van der Waals surface area contributed by atoms with Gasteiger partial charge in [0.15, 0.2) is 0 Å². The molecule has 39 heavy (non-hydrogen) atoms. The van der Waals surface area contributed by atoms with E-state index in [1.54, 1.807) is 30.5 Å². The van der Waals surface area contributed by atoms with Crippen LogP contribution in [0.2, 0.25) is 0 Å². The van der Waals surface area contributed by atoms with Crippen LogP contribution in [0.5, 0.6) is 0 Å². The molecule has 10 heteroatoms. The van der Waals surface area contributed by atoms with Gasteiger partial charge in [0, 0.05) is 48.0 Å². The number of carbonyl (C=O) groups excluding carboxylic acids is 2. The molecule has 5 rings (SSSR count). The zero-order valence-corrected chi connectivity index (χ0v) is 20.9. The van der Waals surface area contributed by atoms with E-state index >= 15 is 0 Å². The zero-order valence-electron chi connectivity index (χ0n) is 20.9. The second kappa shape index (κ2) is 11.0. The fraction of sp³-hybridized carbons (Fsp3) is 0.172. The van der Waals surface area contributed by atoms with E-state index in [9.17, 15) is 23.5 Å². The second-order valence-corrected chi connectivity index (χ2v) is 9.33. The first-order valence-electron chi connectivity index (χ1n) is 12.5. The zero-order chi connectivity index (χ0) is 27.5. The fourth-order valence-electron chi connectivity index (χ4n) is 4.55. The minimum absolute atomic E-state index is 0.0226. The van der Waals surface area contributed by atoms with Crippen LogP contribution in [0.25, 0.3) is 5.69 Å². The van der Waals surface area contributed by atoms with Gasteiger partial charge in [-0.1, -0.05) is 0 Å². The molecule has 0 radical (unpaired) electrons. The monoisotopic (exact) mass is 531 g/mol. The summed E-state index contributed by atoms with van der Waals surface area (Å²) in [5, 5.41) is 15.1.